The summed E-state index contributed by atoms with van der Waals surface area (Å²) < 4.78 is 1.91. The molecule has 1 saturated heterocycles. The fraction of sp³-hybridized carbons (Fsp3) is 0.917. The van der Waals surface area contributed by atoms with E-state index in [9.17, 15) is 0 Å². The maximum atomic E-state index is 4.11. The zero-order valence-electron chi connectivity index (χ0n) is 11.5. The molecule has 2 heterocycles. The molecule has 0 radical (unpaired) electrons. The van der Waals surface area contributed by atoms with Crippen LogP contribution in [0.5, 0.6) is 0 Å². The van der Waals surface area contributed by atoms with Gasteiger partial charge in [-0.25, -0.2) is 4.68 Å². The minimum atomic E-state index is 0.763. The molecular weight excluding hydrogens is 228 g/mol. The maximum Gasteiger partial charge on any atom is 0.165 e. The molecule has 1 fully saturated rings. The van der Waals surface area contributed by atoms with Crippen molar-refractivity contribution in [2.75, 3.05) is 26.7 Å². The van der Waals surface area contributed by atoms with Crippen LogP contribution in [0.4, 0.5) is 0 Å². The summed E-state index contributed by atoms with van der Waals surface area (Å²) >= 11 is 0. The molecule has 6 heteroatoms. The number of tetrazole rings is 1. The Labute approximate surface area is 109 Å². The van der Waals surface area contributed by atoms with Crippen molar-refractivity contribution < 1.29 is 0 Å². The molecule has 1 aliphatic heterocycles. The van der Waals surface area contributed by atoms with E-state index in [1.165, 1.54) is 19.4 Å². The fourth-order valence-corrected chi connectivity index (χ4v) is 2.55. The van der Waals surface area contributed by atoms with E-state index in [1.54, 1.807) is 0 Å². The number of rotatable bonds is 6. The zero-order chi connectivity index (χ0) is 12.8. The van der Waals surface area contributed by atoms with Crippen LogP contribution in [-0.2, 0) is 13.1 Å². The molecule has 18 heavy (non-hydrogen) atoms. The molecule has 0 bridgehead atoms. The number of nitrogens with zero attached hydrogens (tertiary/aromatic N) is 5. The third-order valence-electron chi connectivity index (χ3n) is 3.42. The number of aromatic nitrogens is 4. The quantitative estimate of drug-likeness (QED) is 0.799. The highest BCUT2D eigenvalue weighted by molar-refractivity contribution is 4.81. The van der Waals surface area contributed by atoms with Crippen LogP contribution < -0.4 is 5.32 Å². The Bertz CT molecular complexity index is 344. The summed E-state index contributed by atoms with van der Waals surface area (Å²) in [5, 5.41) is 15.4. The van der Waals surface area contributed by atoms with Gasteiger partial charge in [-0.05, 0) is 55.7 Å². The van der Waals surface area contributed by atoms with Crippen LogP contribution in [0.2, 0.25) is 0 Å². The van der Waals surface area contributed by atoms with Crippen molar-refractivity contribution in [1.29, 1.82) is 0 Å². The molecule has 1 aromatic heterocycles. The van der Waals surface area contributed by atoms with E-state index >= 15 is 0 Å². The molecule has 6 nitrogen and oxygen atoms in total. The largest absolute Gasteiger partial charge is 0.316 e. The van der Waals surface area contributed by atoms with Gasteiger partial charge < -0.3 is 5.32 Å². The molecule has 0 amide bonds. The maximum absolute atomic E-state index is 4.11. The standard InChI is InChI=1S/C12H24N6/c1-3-7-18-12(14-15-16-18)10-17(2)9-11-5-4-6-13-8-11/h11,13H,3-10H2,1-2H3. The van der Waals surface area contributed by atoms with Crippen molar-refractivity contribution in [2.24, 2.45) is 5.92 Å². The predicted molar refractivity (Wildman–Crippen MR) is 70.0 cm³/mol. The summed E-state index contributed by atoms with van der Waals surface area (Å²) in [6, 6.07) is 0. The smallest absolute Gasteiger partial charge is 0.165 e. The Balaban J connectivity index is 1.82. The van der Waals surface area contributed by atoms with Gasteiger partial charge in [0.2, 0.25) is 0 Å². The second-order valence-electron chi connectivity index (χ2n) is 5.23. The van der Waals surface area contributed by atoms with Gasteiger partial charge in [-0.1, -0.05) is 6.92 Å². The highest BCUT2D eigenvalue weighted by Gasteiger charge is 2.16. The van der Waals surface area contributed by atoms with Crippen LogP contribution in [0.3, 0.4) is 0 Å². The normalized spacial score (nSPS) is 20.5. The Kier molecular flexibility index (Phi) is 5.07. The summed E-state index contributed by atoms with van der Waals surface area (Å²) in [6.45, 7) is 7.32. The Morgan fingerprint density at radius 1 is 1.50 bits per heavy atom. The van der Waals surface area contributed by atoms with Gasteiger partial charge in [-0.2, -0.15) is 0 Å². The Morgan fingerprint density at radius 3 is 3.11 bits per heavy atom. The van der Waals surface area contributed by atoms with Gasteiger partial charge in [0.1, 0.15) is 0 Å². The van der Waals surface area contributed by atoms with Crippen LogP contribution >= 0.6 is 0 Å². The third kappa shape index (κ3) is 3.74. The molecule has 2 rings (SSSR count). The average molecular weight is 252 g/mol. The van der Waals surface area contributed by atoms with Crippen molar-refractivity contribution in [2.45, 2.75) is 39.3 Å². The van der Waals surface area contributed by atoms with Crippen molar-refractivity contribution in [3.05, 3.63) is 5.82 Å². The van der Waals surface area contributed by atoms with E-state index in [1.807, 2.05) is 4.68 Å². The van der Waals surface area contributed by atoms with Crippen LogP contribution in [0.25, 0.3) is 0 Å². The highest BCUT2D eigenvalue weighted by Crippen LogP contribution is 2.12. The molecule has 0 spiro atoms. The summed E-state index contributed by atoms with van der Waals surface area (Å²) in [5.74, 6) is 1.74. The lowest BCUT2D eigenvalue weighted by Crippen LogP contribution is -2.37. The zero-order valence-corrected chi connectivity index (χ0v) is 11.5. The van der Waals surface area contributed by atoms with Crippen molar-refractivity contribution >= 4 is 0 Å². The second kappa shape index (κ2) is 6.80. The highest BCUT2D eigenvalue weighted by atomic mass is 15.5. The molecule has 1 N–H and O–H groups in total. The molecule has 0 saturated carbocycles. The van der Waals surface area contributed by atoms with Gasteiger partial charge in [-0.3, -0.25) is 4.90 Å². The van der Waals surface area contributed by atoms with Crippen LogP contribution in [0.15, 0.2) is 0 Å². The lowest BCUT2D eigenvalue weighted by Gasteiger charge is -2.27. The summed E-state index contributed by atoms with van der Waals surface area (Å²) in [4.78, 5) is 2.33. The minimum Gasteiger partial charge on any atom is -0.316 e. The summed E-state index contributed by atoms with van der Waals surface area (Å²) in [6.07, 6.45) is 3.69. The fourth-order valence-electron chi connectivity index (χ4n) is 2.55. The van der Waals surface area contributed by atoms with Crippen LogP contribution in [0, 0.1) is 5.92 Å². The van der Waals surface area contributed by atoms with E-state index in [4.69, 9.17) is 0 Å². The second-order valence-corrected chi connectivity index (χ2v) is 5.23. The number of piperidine rings is 1. The molecule has 1 unspecified atom stereocenters. The third-order valence-corrected chi connectivity index (χ3v) is 3.42. The summed E-state index contributed by atoms with van der Waals surface area (Å²) in [5.41, 5.74) is 0. The van der Waals surface area contributed by atoms with Crippen molar-refractivity contribution in [3.8, 4) is 0 Å². The van der Waals surface area contributed by atoms with Gasteiger partial charge in [0.05, 0.1) is 6.54 Å². The number of aryl methyl sites for hydroxylation is 1. The first kappa shape index (κ1) is 13.4. The predicted octanol–water partition coefficient (Wildman–Crippen LogP) is 0.515. The van der Waals surface area contributed by atoms with Gasteiger partial charge >= 0.3 is 0 Å². The van der Waals surface area contributed by atoms with Crippen molar-refractivity contribution in [3.63, 3.8) is 0 Å². The lowest BCUT2D eigenvalue weighted by atomic mass is 9.99. The molecule has 1 atom stereocenters. The topological polar surface area (TPSA) is 58.9 Å². The monoisotopic (exact) mass is 252 g/mol. The minimum absolute atomic E-state index is 0.763. The lowest BCUT2D eigenvalue weighted by molar-refractivity contribution is 0.230. The number of hydrogen-bond acceptors (Lipinski definition) is 5. The van der Waals surface area contributed by atoms with Gasteiger partial charge in [-0.15, -0.1) is 5.10 Å². The van der Waals surface area contributed by atoms with Crippen LogP contribution in [0.1, 0.15) is 32.0 Å². The molecular formula is C12H24N6. The van der Waals surface area contributed by atoms with E-state index in [0.29, 0.717) is 0 Å². The molecule has 0 aromatic carbocycles. The van der Waals surface area contributed by atoms with E-state index in [-0.39, 0.29) is 0 Å². The van der Waals surface area contributed by atoms with Crippen LogP contribution in [-0.4, -0.2) is 51.8 Å². The van der Waals surface area contributed by atoms with E-state index < -0.39 is 0 Å². The molecule has 0 aliphatic carbocycles. The SMILES string of the molecule is CCCn1nnnc1CN(C)CC1CCCNC1. The van der Waals surface area contributed by atoms with Gasteiger partial charge in [0.15, 0.2) is 5.82 Å². The van der Waals surface area contributed by atoms with Gasteiger partial charge in [0.25, 0.3) is 0 Å². The van der Waals surface area contributed by atoms with Crippen molar-refractivity contribution in [1.82, 2.24) is 30.4 Å². The van der Waals surface area contributed by atoms with E-state index in [2.05, 4.69) is 39.7 Å². The average Bonchev–Trinajstić information content (AvgIpc) is 2.78. The number of hydrogen-bond donors (Lipinski definition) is 1. The Morgan fingerprint density at radius 2 is 2.39 bits per heavy atom. The molecule has 1 aromatic rings. The summed E-state index contributed by atoms with van der Waals surface area (Å²) in [7, 11) is 2.15. The molecule has 1 aliphatic rings. The number of nitrogens with one attached hydrogen (secondary N) is 1. The first-order chi connectivity index (χ1) is 8.79. The first-order valence-corrected chi connectivity index (χ1v) is 6.94. The van der Waals surface area contributed by atoms with Gasteiger partial charge in [0, 0.05) is 13.1 Å². The molecule has 102 valence electrons. The van der Waals surface area contributed by atoms with E-state index in [0.717, 1.165) is 44.3 Å². The first-order valence-electron chi connectivity index (χ1n) is 6.94. The Hall–Kier alpha value is -1.01.